The second kappa shape index (κ2) is 9.26. The first-order valence-corrected chi connectivity index (χ1v) is 11.3. The van der Waals surface area contributed by atoms with E-state index in [0.29, 0.717) is 5.69 Å². The molecular weight excluding hydrogens is 447 g/mol. The van der Waals surface area contributed by atoms with Crippen LogP contribution in [-0.4, -0.2) is 14.7 Å². The highest BCUT2D eigenvalue weighted by atomic mass is 35.5. The van der Waals surface area contributed by atoms with Gasteiger partial charge in [0.15, 0.2) is 0 Å². The van der Waals surface area contributed by atoms with Crippen molar-refractivity contribution in [1.82, 2.24) is 9.55 Å². The molecule has 5 rings (SSSR count). The van der Waals surface area contributed by atoms with Crippen molar-refractivity contribution in [2.75, 3.05) is 0 Å². The normalized spacial score (nSPS) is 12.4. The van der Waals surface area contributed by atoms with Crippen molar-refractivity contribution in [1.29, 1.82) is 0 Å². The van der Waals surface area contributed by atoms with Crippen LogP contribution in [0.2, 0.25) is 5.02 Å². The van der Waals surface area contributed by atoms with E-state index in [1.165, 1.54) is 6.07 Å². The highest BCUT2D eigenvalue weighted by Crippen LogP contribution is 2.43. The maximum atomic E-state index is 14.9. The van der Waals surface area contributed by atoms with Gasteiger partial charge in [-0.25, -0.2) is 9.37 Å². The third-order valence-corrected chi connectivity index (χ3v) is 6.45. The largest absolute Gasteiger partial charge is 0.382 e. The number of imidazole rings is 1. The van der Waals surface area contributed by atoms with Crippen molar-refractivity contribution in [2.45, 2.75) is 11.6 Å². The van der Waals surface area contributed by atoms with Crippen LogP contribution < -0.4 is 0 Å². The number of hydrogen-bond donors (Lipinski definition) is 1. The Morgan fingerprint density at radius 3 is 1.74 bits per heavy atom. The van der Waals surface area contributed by atoms with Crippen LogP contribution in [0.25, 0.3) is 0 Å². The van der Waals surface area contributed by atoms with Gasteiger partial charge < -0.3 is 9.67 Å². The number of hydrogen-bond acceptors (Lipinski definition) is 2. The van der Waals surface area contributed by atoms with Crippen molar-refractivity contribution >= 4 is 11.6 Å². The fourth-order valence-corrected chi connectivity index (χ4v) is 4.82. The Labute approximate surface area is 202 Å². The summed E-state index contributed by atoms with van der Waals surface area (Å²) in [4.78, 5) is 4.41. The topological polar surface area (TPSA) is 38.1 Å². The van der Waals surface area contributed by atoms with Crippen LogP contribution in [0.15, 0.2) is 122 Å². The van der Waals surface area contributed by atoms with Gasteiger partial charge in [-0.3, -0.25) is 0 Å². The third-order valence-electron chi connectivity index (χ3n) is 6.16. The number of aromatic nitrogens is 2. The second-order valence-electron chi connectivity index (χ2n) is 8.04. The number of aliphatic hydroxyl groups excluding tert-OH is 1. The molecule has 0 saturated heterocycles. The van der Waals surface area contributed by atoms with Gasteiger partial charge in [0.05, 0.1) is 23.2 Å². The highest BCUT2D eigenvalue weighted by molar-refractivity contribution is 6.30. The molecule has 0 aliphatic rings. The van der Waals surface area contributed by atoms with Crippen LogP contribution in [0, 0.1) is 5.82 Å². The van der Waals surface area contributed by atoms with Crippen LogP contribution in [-0.2, 0) is 5.54 Å². The number of nitrogens with zero attached hydrogens (tertiary/aromatic N) is 2. The summed E-state index contributed by atoms with van der Waals surface area (Å²) in [5.74, 6) is -0.644. The van der Waals surface area contributed by atoms with E-state index in [1.54, 1.807) is 24.7 Å². The van der Waals surface area contributed by atoms with Crippen LogP contribution in [0.1, 0.15) is 34.1 Å². The predicted octanol–water partition coefficient (Wildman–Crippen LogP) is 6.60. The Morgan fingerprint density at radius 1 is 0.735 bits per heavy atom. The quantitative estimate of drug-likeness (QED) is 0.285. The Kier molecular flexibility index (Phi) is 6.01. The first-order chi connectivity index (χ1) is 16.6. The van der Waals surface area contributed by atoms with Crippen molar-refractivity contribution in [3.63, 3.8) is 0 Å². The van der Waals surface area contributed by atoms with Gasteiger partial charge in [0.2, 0.25) is 0 Å². The molecule has 0 fully saturated rings. The molecule has 0 amide bonds. The zero-order valence-corrected chi connectivity index (χ0v) is 19.0. The molecule has 1 atom stereocenters. The summed E-state index contributed by atoms with van der Waals surface area (Å²) in [7, 11) is 0. The minimum atomic E-state index is -1.28. The Balaban J connectivity index is 1.84. The fourth-order valence-electron chi connectivity index (χ4n) is 4.63. The molecule has 4 aromatic carbocycles. The van der Waals surface area contributed by atoms with Gasteiger partial charge in [0.25, 0.3) is 0 Å². The SMILES string of the molecule is O[C@H](c1cccc(Cl)c1F)c1cncn1C(c1ccccc1)(c1ccccc1)c1ccccc1. The molecule has 1 N–H and O–H groups in total. The molecule has 1 aromatic heterocycles. The zero-order chi connectivity index (χ0) is 23.5. The number of benzene rings is 4. The van der Waals surface area contributed by atoms with Crippen molar-refractivity contribution < 1.29 is 9.50 Å². The minimum absolute atomic E-state index is 0.0388. The van der Waals surface area contributed by atoms with Gasteiger partial charge in [0, 0.05) is 5.56 Å². The summed E-state index contributed by atoms with van der Waals surface area (Å²) < 4.78 is 16.8. The van der Waals surface area contributed by atoms with Crippen molar-refractivity contribution in [3.05, 3.63) is 161 Å². The minimum Gasteiger partial charge on any atom is -0.382 e. The molecule has 34 heavy (non-hydrogen) atoms. The van der Waals surface area contributed by atoms with Gasteiger partial charge in [-0.1, -0.05) is 115 Å². The van der Waals surface area contributed by atoms with Crippen LogP contribution in [0.3, 0.4) is 0 Å². The third kappa shape index (κ3) is 3.61. The Morgan fingerprint density at radius 2 is 1.24 bits per heavy atom. The summed E-state index contributed by atoms with van der Waals surface area (Å²) in [6.07, 6.45) is 1.99. The molecule has 0 aliphatic carbocycles. The lowest BCUT2D eigenvalue weighted by Gasteiger charge is -2.39. The van der Waals surface area contributed by atoms with Crippen LogP contribution in [0.4, 0.5) is 4.39 Å². The lowest BCUT2D eigenvalue weighted by atomic mass is 9.76. The predicted molar refractivity (Wildman–Crippen MR) is 132 cm³/mol. The molecule has 0 aliphatic heterocycles. The van der Waals surface area contributed by atoms with Gasteiger partial charge in [-0.05, 0) is 22.8 Å². The first-order valence-electron chi connectivity index (χ1n) is 11.0. The van der Waals surface area contributed by atoms with E-state index >= 15 is 0 Å². The lowest BCUT2D eigenvalue weighted by molar-refractivity contribution is 0.201. The van der Waals surface area contributed by atoms with Crippen LogP contribution in [0.5, 0.6) is 0 Å². The number of halogens is 2. The standard InChI is InChI=1S/C29H22ClFN2O/c30-25-18-10-17-24(27(25)31)28(34)26-19-32-20-33(26)29(21-11-4-1-5-12-21,22-13-6-2-7-14-22)23-15-8-3-9-16-23/h1-20,28,34H/t28-/m1/s1. The van der Waals surface area contributed by atoms with E-state index in [1.807, 2.05) is 59.2 Å². The van der Waals surface area contributed by atoms with Crippen molar-refractivity contribution in [3.8, 4) is 0 Å². The summed E-state index contributed by atoms with van der Waals surface area (Å²) in [6.45, 7) is 0. The van der Waals surface area contributed by atoms with Gasteiger partial charge in [-0.2, -0.15) is 0 Å². The molecule has 0 bridgehead atoms. The summed E-state index contributed by atoms with van der Waals surface area (Å²) >= 11 is 6.03. The molecule has 0 saturated carbocycles. The van der Waals surface area contributed by atoms with E-state index < -0.39 is 17.5 Å². The van der Waals surface area contributed by atoms with E-state index in [4.69, 9.17) is 11.6 Å². The summed E-state index contributed by atoms with van der Waals surface area (Å²) in [6, 6.07) is 34.8. The van der Waals surface area contributed by atoms with Crippen molar-refractivity contribution in [2.24, 2.45) is 0 Å². The Hall–Kier alpha value is -3.73. The molecule has 1 heterocycles. The summed E-state index contributed by atoms with van der Waals surface area (Å²) in [5, 5.41) is 11.4. The maximum absolute atomic E-state index is 14.9. The molecule has 168 valence electrons. The zero-order valence-electron chi connectivity index (χ0n) is 18.2. The molecule has 5 aromatic rings. The van der Waals surface area contributed by atoms with Crippen LogP contribution >= 0.6 is 11.6 Å². The average Bonchev–Trinajstić information content (AvgIpc) is 3.38. The Bertz CT molecular complexity index is 1290. The smallest absolute Gasteiger partial charge is 0.147 e. The summed E-state index contributed by atoms with van der Waals surface area (Å²) in [5.41, 5.74) is 2.60. The lowest BCUT2D eigenvalue weighted by Crippen LogP contribution is -2.39. The number of aliphatic hydroxyl groups is 1. The monoisotopic (exact) mass is 468 g/mol. The van der Waals surface area contributed by atoms with Gasteiger partial charge >= 0.3 is 0 Å². The van der Waals surface area contributed by atoms with E-state index in [2.05, 4.69) is 41.4 Å². The highest BCUT2D eigenvalue weighted by Gasteiger charge is 2.40. The second-order valence-corrected chi connectivity index (χ2v) is 8.45. The van der Waals surface area contributed by atoms with E-state index in [9.17, 15) is 9.50 Å². The molecule has 0 radical (unpaired) electrons. The molecule has 5 heteroatoms. The number of rotatable bonds is 6. The van der Waals surface area contributed by atoms with Gasteiger partial charge in [-0.15, -0.1) is 0 Å². The fraction of sp³-hybridized carbons (Fsp3) is 0.0690. The molecular formula is C29H22ClFN2O. The average molecular weight is 469 g/mol. The van der Waals surface area contributed by atoms with E-state index in [-0.39, 0.29) is 10.6 Å². The van der Waals surface area contributed by atoms with E-state index in [0.717, 1.165) is 16.7 Å². The van der Waals surface area contributed by atoms with Gasteiger partial charge in [0.1, 0.15) is 17.5 Å². The first kappa shape index (κ1) is 22.1. The maximum Gasteiger partial charge on any atom is 0.147 e. The molecule has 0 unspecified atom stereocenters. The molecule has 3 nitrogen and oxygen atoms in total. The molecule has 0 spiro atoms.